The quantitative estimate of drug-likeness (QED) is 0.422. The number of alkyl carbamates (subject to hydrolysis) is 1. The number of carboxylic acids is 1. The van der Waals surface area contributed by atoms with E-state index in [1.54, 1.807) is 6.08 Å². The Morgan fingerprint density at radius 2 is 2.04 bits per heavy atom. The van der Waals surface area contributed by atoms with Gasteiger partial charge in [0.25, 0.3) is 0 Å². The number of aliphatic carboxylic acids is 1. The van der Waals surface area contributed by atoms with Gasteiger partial charge in [-0.1, -0.05) is 27.4 Å². The first-order chi connectivity index (χ1) is 11.1. The van der Waals surface area contributed by atoms with Crippen LogP contribution in [0, 0.1) is 10.8 Å². The summed E-state index contributed by atoms with van der Waals surface area (Å²) in [7, 11) is 0. The number of isocyanates is 1. The molecule has 134 valence electrons. The molecule has 7 nitrogen and oxygen atoms in total. The van der Waals surface area contributed by atoms with Gasteiger partial charge in [0.2, 0.25) is 6.08 Å². The van der Waals surface area contributed by atoms with Crippen LogP contribution in [0.25, 0.3) is 0 Å². The maximum absolute atomic E-state index is 11.8. The first-order valence-electron chi connectivity index (χ1n) is 7.96. The number of nitrogens with one attached hydrogen (secondary N) is 1. The van der Waals surface area contributed by atoms with Gasteiger partial charge < -0.3 is 15.2 Å². The summed E-state index contributed by atoms with van der Waals surface area (Å²) >= 11 is 0. The van der Waals surface area contributed by atoms with Crippen molar-refractivity contribution in [3.05, 3.63) is 12.2 Å². The first-order valence-corrected chi connectivity index (χ1v) is 7.96. The van der Waals surface area contributed by atoms with E-state index in [0.717, 1.165) is 12.8 Å². The molecule has 0 bridgehead atoms. The van der Waals surface area contributed by atoms with Crippen molar-refractivity contribution in [3.8, 4) is 0 Å². The predicted molar refractivity (Wildman–Crippen MR) is 88.4 cm³/mol. The zero-order valence-corrected chi connectivity index (χ0v) is 14.6. The molecule has 1 saturated carbocycles. The molecular formula is C17H26N2O5. The standard InChI is InChI=1S/C17H26N2O5/c1-12(14(21)22)5-6-24-15(23)18-10-17(4)8-13(19-11-20)7-16(2,3)9-17/h13H,1,5-10H2,2-4H3,(H,18,23)(H,21,22). The fraction of sp³-hybridized carbons (Fsp3) is 0.706. The highest BCUT2D eigenvalue weighted by Gasteiger charge is 2.41. The van der Waals surface area contributed by atoms with Crippen molar-refractivity contribution in [1.29, 1.82) is 0 Å². The summed E-state index contributed by atoms with van der Waals surface area (Å²) in [5.74, 6) is -1.10. The van der Waals surface area contributed by atoms with Crippen molar-refractivity contribution >= 4 is 18.1 Å². The molecule has 1 fully saturated rings. The maximum Gasteiger partial charge on any atom is 0.407 e. The Morgan fingerprint density at radius 3 is 2.62 bits per heavy atom. The van der Waals surface area contributed by atoms with E-state index < -0.39 is 12.1 Å². The zero-order chi connectivity index (χ0) is 18.4. The normalized spacial score (nSPS) is 25.2. The minimum absolute atomic E-state index is 0.00152. The molecular weight excluding hydrogens is 312 g/mol. The molecule has 2 atom stereocenters. The smallest absolute Gasteiger partial charge is 0.407 e. The maximum atomic E-state index is 11.8. The Kier molecular flexibility index (Phi) is 6.72. The van der Waals surface area contributed by atoms with Crippen molar-refractivity contribution < 1.29 is 24.2 Å². The molecule has 1 amide bonds. The third-order valence-corrected chi connectivity index (χ3v) is 4.26. The molecule has 1 aliphatic carbocycles. The predicted octanol–water partition coefficient (Wildman–Crippen LogP) is 2.66. The molecule has 0 aromatic rings. The van der Waals surface area contributed by atoms with Crippen LogP contribution in [0.3, 0.4) is 0 Å². The van der Waals surface area contributed by atoms with Crippen molar-refractivity contribution in [1.82, 2.24) is 5.32 Å². The van der Waals surface area contributed by atoms with Crippen LogP contribution in [0.1, 0.15) is 46.5 Å². The lowest BCUT2D eigenvalue weighted by molar-refractivity contribution is -0.132. The van der Waals surface area contributed by atoms with Gasteiger partial charge in [-0.05, 0) is 30.1 Å². The highest BCUT2D eigenvalue weighted by Crippen LogP contribution is 2.46. The van der Waals surface area contributed by atoms with Crippen LogP contribution in [-0.2, 0) is 14.3 Å². The lowest BCUT2D eigenvalue weighted by Crippen LogP contribution is -2.44. The Labute approximate surface area is 142 Å². The van der Waals surface area contributed by atoms with E-state index in [9.17, 15) is 14.4 Å². The first kappa shape index (κ1) is 19.9. The third kappa shape index (κ3) is 6.54. The zero-order valence-electron chi connectivity index (χ0n) is 14.6. The van der Waals surface area contributed by atoms with Crippen LogP contribution >= 0.6 is 0 Å². The van der Waals surface area contributed by atoms with E-state index in [1.807, 2.05) is 6.92 Å². The molecule has 1 rings (SSSR count). The molecule has 0 aromatic heterocycles. The van der Waals surface area contributed by atoms with Gasteiger partial charge in [0.15, 0.2) is 0 Å². The molecule has 0 aromatic carbocycles. The monoisotopic (exact) mass is 338 g/mol. The topological polar surface area (TPSA) is 105 Å². The van der Waals surface area contributed by atoms with Gasteiger partial charge in [0, 0.05) is 18.5 Å². The number of carboxylic acid groups (broad SMARTS) is 1. The summed E-state index contributed by atoms with van der Waals surface area (Å²) in [4.78, 5) is 36.8. The Morgan fingerprint density at radius 1 is 1.38 bits per heavy atom. The fourth-order valence-corrected chi connectivity index (χ4v) is 3.59. The minimum Gasteiger partial charge on any atom is -0.478 e. The van der Waals surface area contributed by atoms with Gasteiger partial charge >= 0.3 is 12.1 Å². The number of amides is 1. The van der Waals surface area contributed by atoms with Crippen LogP contribution in [0.15, 0.2) is 17.1 Å². The van der Waals surface area contributed by atoms with E-state index in [4.69, 9.17) is 9.84 Å². The van der Waals surface area contributed by atoms with Crippen LogP contribution in [0.4, 0.5) is 4.79 Å². The summed E-state index contributed by atoms with van der Waals surface area (Å²) < 4.78 is 4.97. The number of carbonyl (C=O) groups is 2. The molecule has 24 heavy (non-hydrogen) atoms. The number of ether oxygens (including phenoxy) is 1. The van der Waals surface area contributed by atoms with Gasteiger partial charge in [-0.3, -0.25) is 0 Å². The number of hydrogen-bond donors (Lipinski definition) is 2. The Hall–Kier alpha value is -2.14. The molecule has 1 aliphatic rings. The van der Waals surface area contributed by atoms with E-state index in [1.165, 1.54) is 0 Å². The molecule has 0 heterocycles. The molecule has 0 aliphatic heterocycles. The van der Waals surface area contributed by atoms with Gasteiger partial charge in [-0.15, -0.1) is 0 Å². The summed E-state index contributed by atoms with van der Waals surface area (Å²) in [5, 5.41) is 11.4. The van der Waals surface area contributed by atoms with Crippen molar-refractivity contribution in [3.63, 3.8) is 0 Å². The van der Waals surface area contributed by atoms with Crippen molar-refractivity contribution in [2.75, 3.05) is 13.2 Å². The van der Waals surface area contributed by atoms with E-state index >= 15 is 0 Å². The average Bonchev–Trinajstić information content (AvgIpc) is 2.43. The van der Waals surface area contributed by atoms with Crippen molar-refractivity contribution in [2.24, 2.45) is 15.8 Å². The molecule has 0 spiro atoms. The molecule has 2 unspecified atom stereocenters. The van der Waals surface area contributed by atoms with Crippen LogP contribution in [-0.4, -0.2) is 42.4 Å². The van der Waals surface area contributed by atoms with Gasteiger partial charge in [-0.25, -0.2) is 19.4 Å². The van der Waals surface area contributed by atoms with Crippen LogP contribution < -0.4 is 5.32 Å². The lowest BCUT2D eigenvalue weighted by Gasteiger charge is -2.45. The van der Waals surface area contributed by atoms with Crippen LogP contribution in [0.2, 0.25) is 0 Å². The number of nitrogens with zero attached hydrogens (tertiary/aromatic N) is 1. The largest absolute Gasteiger partial charge is 0.478 e. The van der Waals surface area contributed by atoms with E-state index in [-0.39, 0.29) is 35.5 Å². The highest BCUT2D eigenvalue weighted by molar-refractivity contribution is 5.85. The van der Waals surface area contributed by atoms with Crippen molar-refractivity contribution in [2.45, 2.75) is 52.5 Å². The SMILES string of the molecule is C=C(CCOC(=O)NCC1(C)CC(N=C=O)CC(C)(C)C1)C(=O)O. The van der Waals surface area contributed by atoms with Gasteiger partial charge in [0.1, 0.15) is 0 Å². The lowest BCUT2D eigenvalue weighted by atomic mass is 9.63. The van der Waals surface area contributed by atoms with Gasteiger partial charge in [-0.2, -0.15) is 0 Å². The van der Waals surface area contributed by atoms with E-state index in [2.05, 4.69) is 30.7 Å². The minimum atomic E-state index is -1.10. The summed E-state index contributed by atoms with van der Waals surface area (Å²) in [6.45, 7) is 10.0. The summed E-state index contributed by atoms with van der Waals surface area (Å²) in [5.41, 5.74) is -0.183. The molecule has 2 N–H and O–H groups in total. The second-order valence-electron chi connectivity index (χ2n) is 7.58. The Bertz CT molecular complexity index is 551. The molecule has 0 radical (unpaired) electrons. The van der Waals surface area contributed by atoms with E-state index in [0.29, 0.717) is 13.0 Å². The summed E-state index contributed by atoms with van der Waals surface area (Å²) in [6.07, 6.45) is 3.53. The summed E-state index contributed by atoms with van der Waals surface area (Å²) in [6, 6.07) is -0.0899. The highest BCUT2D eigenvalue weighted by atomic mass is 16.5. The molecule has 0 saturated heterocycles. The number of hydrogen-bond acceptors (Lipinski definition) is 5. The average molecular weight is 338 g/mol. The fourth-order valence-electron chi connectivity index (χ4n) is 3.59. The number of rotatable bonds is 7. The second kappa shape index (κ2) is 8.11. The third-order valence-electron chi connectivity index (χ3n) is 4.26. The van der Waals surface area contributed by atoms with Crippen LogP contribution in [0.5, 0.6) is 0 Å². The molecule has 7 heteroatoms. The number of aliphatic imine (C=N–C) groups is 1. The van der Waals surface area contributed by atoms with Gasteiger partial charge in [0.05, 0.1) is 12.6 Å². The number of carbonyl (C=O) groups excluding carboxylic acids is 2. The Balaban J connectivity index is 2.49. The second-order valence-corrected chi connectivity index (χ2v) is 7.58.